The second-order valence-corrected chi connectivity index (χ2v) is 3.79. The Labute approximate surface area is 93.2 Å². The third-order valence-electron chi connectivity index (χ3n) is 2.59. The third kappa shape index (κ3) is 1.48. The van der Waals surface area contributed by atoms with Crippen LogP contribution in [0.5, 0.6) is 0 Å². The minimum atomic E-state index is -0.974. The average molecular weight is 223 g/mol. The number of benzene rings is 1. The Morgan fingerprint density at radius 3 is 2.73 bits per heavy atom. The fourth-order valence-electron chi connectivity index (χ4n) is 1.80. The van der Waals surface area contributed by atoms with Crippen molar-refractivity contribution in [3.05, 3.63) is 34.9 Å². The van der Waals surface area contributed by atoms with Crippen LogP contribution in [0.25, 0.3) is 0 Å². The normalized spacial score (nSPS) is 24.8. The van der Waals surface area contributed by atoms with Crippen LogP contribution in [0.4, 0.5) is 0 Å². The van der Waals surface area contributed by atoms with Gasteiger partial charge < -0.3 is 0 Å². The third-order valence-corrected chi connectivity index (χ3v) is 2.92. The van der Waals surface area contributed by atoms with Crippen LogP contribution in [0, 0.1) is 0 Å². The lowest BCUT2D eigenvalue weighted by molar-refractivity contribution is -0.123. The molecule has 78 valence electrons. The van der Waals surface area contributed by atoms with Crippen molar-refractivity contribution < 1.29 is 4.79 Å². The number of Topliss-reactive ketones (excluding diaryl/α,β-unsaturated/α-hetero) is 1. The molecule has 0 aliphatic carbocycles. The maximum atomic E-state index is 11.8. The average Bonchev–Trinajstić information content (AvgIpc) is 2.61. The highest BCUT2D eigenvalue weighted by Gasteiger charge is 2.41. The van der Waals surface area contributed by atoms with Crippen molar-refractivity contribution in [2.75, 3.05) is 7.05 Å². The molecule has 0 aromatic heterocycles. The predicted molar refractivity (Wildman–Crippen MR) is 60.3 cm³/mol. The van der Waals surface area contributed by atoms with E-state index < -0.39 is 5.66 Å². The Bertz CT molecular complexity index is 430. The van der Waals surface area contributed by atoms with Crippen molar-refractivity contribution in [1.29, 1.82) is 0 Å². The highest BCUT2D eigenvalue weighted by Crippen LogP contribution is 2.33. The van der Waals surface area contributed by atoms with E-state index in [1.54, 1.807) is 19.3 Å². The van der Waals surface area contributed by atoms with Crippen LogP contribution >= 0.6 is 11.6 Å². The summed E-state index contributed by atoms with van der Waals surface area (Å²) in [5.74, 6) is 0.0260. The zero-order valence-corrected chi connectivity index (χ0v) is 9.08. The fraction of sp³-hybridized carbons (Fsp3) is 0.273. The van der Waals surface area contributed by atoms with Gasteiger partial charge in [-0.05, 0) is 13.1 Å². The van der Waals surface area contributed by atoms with Gasteiger partial charge in [-0.1, -0.05) is 29.8 Å². The Hall–Kier alpha value is -1.19. The number of rotatable bonds is 2. The van der Waals surface area contributed by atoms with E-state index in [9.17, 15) is 4.79 Å². The number of aliphatic imine (C=N–C) groups is 1. The maximum Gasteiger partial charge on any atom is 0.196 e. The van der Waals surface area contributed by atoms with Crippen LogP contribution in [-0.2, 0) is 10.5 Å². The summed E-state index contributed by atoms with van der Waals surface area (Å²) < 4.78 is 0. The molecule has 0 radical (unpaired) electrons. The van der Waals surface area contributed by atoms with E-state index in [2.05, 4.69) is 10.3 Å². The smallest absolute Gasteiger partial charge is 0.196 e. The van der Waals surface area contributed by atoms with Crippen LogP contribution in [0.3, 0.4) is 0 Å². The van der Waals surface area contributed by atoms with Crippen LogP contribution in [0.1, 0.15) is 12.0 Å². The molecule has 0 saturated carbocycles. The molecule has 15 heavy (non-hydrogen) atoms. The quantitative estimate of drug-likeness (QED) is 0.829. The molecular weight excluding hydrogens is 212 g/mol. The zero-order chi connectivity index (χ0) is 10.9. The fourth-order valence-corrected chi connectivity index (χ4v) is 2.07. The van der Waals surface area contributed by atoms with Gasteiger partial charge >= 0.3 is 0 Å². The summed E-state index contributed by atoms with van der Waals surface area (Å²) in [5, 5.41) is 3.51. The zero-order valence-electron chi connectivity index (χ0n) is 8.33. The van der Waals surface area contributed by atoms with Gasteiger partial charge in [0.2, 0.25) is 0 Å². The maximum absolute atomic E-state index is 11.8. The van der Waals surface area contributed by atoms with Crippen molar-refractivity contribution in [2.24, 2.45) is 4.99 Å². The molecular formula is C11H11ClN2O. The van der Waals surface area contributed by atoms with Crippen LogP contribution in [0.2, 0.25) is 5.02 Å². The first-order valence-corrected chi connectivity index (χ1v) is 5.09. The molecule has 2 rings (SSSR count). The Morgan fingerprint density at radius 2 is 2.20 bits per heavy atom. The number of carbonyl (C=O) groups excluding carboxylic acids is 1. The number of hydrogen-bond donors (Lipinski definition) is 1. The molecule has 3 nitrogen and oxygen atoms in total. The molecule has 1 aliphatic heterocycles. The number of carbonyl (C=O) groups is 1. The van der Waals surface area contributed by atoms with Crippen molar-refractivity contribution >= 4 is 23.6 Å². The van der Waals surface area contributed by atoms with Crippen molar-refractivity contribution in [1.82, 2.24) is 5.32 Å². The highest BCUT2D eigenvalue weighted by molar-refractivity contribution is 6.32. The number of halogens is 1. The monoisotopic (exact) mass is 222 g/mol. The topological polar surface area (TPSA) is 41.5 Å². The van der Waals surface area contributed by atoms with Crippen molar-refractivity contribution in [3.8, 4) is 0 Å². The SMILES string of the molecule is CNC1(c2ccccc2Cl)N=CCC1=O. The molecule has 1 aromatic rings. The highest BCUT2D eigenvalue weighted by atomic mass is 35.5. The number of ketones is 1. The predicted octanol–water partition coefficient (Wildman–Crippen LogP) is 1.76. The van der Waals surface area contributed by atoms with Crippen LogP contribution in [-0.4, -0.2) is 19.0 Å². The van der Waals surface area contributed by atoms with Gasteiger partial charge in [-0.3, -0.25) is 15.1 Å². The number of likely N-dealkylation sites (N-methyl/N-ethyl adjacent to an activating group) is 1. The lowest BCUT2D eigenvalue weighted by Gasteiger charge is -2.25. The summed E-state index contributed by atoms with van der Waals surface area (Å²) in [6.07, 6.45) is 1.98. The summed E-state index contributed by atoms with van der Waals surface area (Å²) in [5.41, 5.74) is -0.258. The summed E-state index contributed by atoms with van der Waals surface area (Å²) in [6.45, 7) is 0. The largest absolute Gasteiger partial charge is 0.295 e. The van der Waals surface area contributed by atoms with E-state index in [1.807, 2.05) is 18.2 Å². The molecule has 0 saturated heterocycles. The lowest BCUT2D eigenvalue weighted by Crippen LogP contribution is -2.43. The first-order valence-electron chi connectivity index (χ1n) is 4.71. The molecule has 0 bridgehead atoms. The van der Waals surface area contributed by atoms with Gasteiger partial charge in [0.15, 0.2) is 11.4 Å². The van der Waals surface area contributed by atoms with Crippen molar-refractivity contribution in [3.63, 3.8) is 0 Å². The lowest BCUT2D eigenvalue weighted by atomic mass is 9.96. The van der Waals surface area contributed by atoms with E-state index >= 15 is 0 Å². The van der Waals surface area contributed by atoms with Crippen molar-refractivity contribution in [2.45, 2.75) is 12.1 Å². The molecule has 0 amide bonds. The Morgan fingerprint density at radius 1 is 1.47 bits per heavy atom. The first kappa shape index (κ1) is 10.3. The van der Waals surface area contributed by atoms with Gasteiger partial charge in [-0.25, -0.2) is 0 Å². The molecule has 1 aromatic carbocycles. The molecule has 0 fully saturated rings. The molecule has 1 heterocycles. The molecule has 0 spiro atoms. The summed E-state index contributed by atoms with van der Waals surface area (Å²) in [6, 6.07) is 7.26. The Balaban J connectivity index is 2.57. The van der Waals surface area contributed by atoms with E-state index in [4.69, 9.17) is 11.6 Å². The van der Waals surface area contributed by atoms with Gasteiger partial charge in [0, 0.05) is 23.2 Å². The number of hydrogen-bond acceptors (Lipinski definition) is 3. The van der Waals surface area contributed by atoms with E-state index in [0.29, 0.717) is 17.0 Å². The minimum Gasteiger partial charge on any atom is -0.295 e. The molecule has 1 unspecified atom stereocenters. The van der Waals surface area contributed by atoms with Crippen LogP contribution in [0.15, 0.2) is 29.3 Å². The van der Waals surface area contributed by atoms with Gasteiger partial charge in [0.1, 0.15) is 0 Å². The van der Waals surface area contributed by atoms with Gasteiger partial charge in [-0.2, -0.15) is 0 Å². The molecule has 1 atom stereocenters. The van der Waals surface area contributed by atoms with Gasteiger partial charge in [-0.15, -0.1) is 0 Å². The molecule has 4 heteroatoms. The Kier molecular flexibility index (Phi) is 2.59. The number of nitrogens with zero attached hydrogens (tertiary/aromatic N) is 1. The molecule has 1 aliphatic rings. The number of nitrogens with one attached hydrogen (secondary N) is 1. The second-order valence-electron chi connectivity index (χ2n) is 3.38. The summed E-state index contributed by atoms with van der Waals surface area (Å²) >= 11 is 6.07. The van der Waals surface area contributed by atoms with Crippen LogP contribution < -0.4 is 5.32 Å². The van der Waals surface area contributed by atoms with Gasteiger partial charge in [0.25, 0.3) is 0 Å². The molecule has 1 N–H and O–H groups in total. The van der Waals surface area contributed by atoms with E-state index in [0.717, 1.165) is 0 Å². The van der Waals surface area contributed by atoms with E-state index in [-0.39, 0.29) is 5.78 Å². The summed E-state index contributed by atoms with van der Waals surface area (Å²) in [7, 11) is 1.71. The summed E-state index contributed by atoms with van der Waals surface area (Å²) in [4.78, 5) is 16.1. The standard InChI is InChI=1S/C11H11ClN2O/c1-13-11(10(15)6-7-14-11)8-4-2-3-5-9(8)12/h2-5,7,13H,6H2,1H3. The second kappa shape index (κ2) is 3.76. The minimum absolute atomic E-state index is 0.0260. The van der Waals surface area contributed by atoms with Gasteiger partial charge in [0.05, 0.1) is 0 Å². The first-order chi connectivity index (χ1) is 7.20. The van der Waals surface area contributed by atoms with E-state index in [1.165, 1.54) is 0 Å².